The Kier molecular flexibility index (Phi) is 9.22. The highest BCUT2D eigenvalue weighted by molar-refractivity contribution is 7.99. The molecule has 0 radical (unpaired) electrons. The molecule has 7 nitrogen and oxygen atoms in total. The Morgan fingerprint density at radius 2 is 1.86 bits per heavy atom. The van der Waals surface area contributed by atoms with Crippen molar-refractivity contribution in [3.05, 3.63) is 58.4 Å². The number of nitrogens with one attached hydrogen (secondary N) is 2. The maximum Gasteiger partial charge on any atom is 0.323 e. The zero-order valence-electron chi connectivity index (χ0n) is 20.4. The summed E-state index contributed by atoms with van der Waals surface area (Å²) in [6, 6.07) is 7.05. The number of amides is 2. The molecule has 10 heteroatoms. The van der Waals surface area contributed by atoms with E-state index in [-0.39, 0.29) is 11.2 Å². The molecule has 0 aliphatic heterocycles. The van der Waals surface area contributed by atoms with Crippen molar-refractivity contribution in [1.29, 1.82) is 0 Å². The summed E-state index contributed by atoms with van der Waals surface area (Å²) in [5, 5.41) is 6.25. The number of halogens is 1. The molecule has 1 aromatic carbocycles. The molecule has 0 spiro atoms. The Morgan fingerprint density at radius 3 is 2.51 bits per heavy atom. The van der Waals surface area contributed by atoms with E-state index >= 15 is 0 Å². The quantitative estimate of drug-likeness (QED) is 0.327. The standard InChI is InChI=1S/C25H29FN4O3S2/c1-6-7-11-30-12-10-17(18-14-16(26)8-9-19(18)33-3)21(24(30)31)28-25(32)29-22-20(34-4)13-15(2)27-23(22)35-5/h8-10,12-14H,6-7,11H2,1-5H3,(H2,28,29,32). The van der Waals surface area contributed by atoms with E-state index in [1.807, 2.05) is 32.4 Å². The van der Waals surface area contributed by atoms with Crippen LogP contribution in [0.1, 0.15) is 25.5 Å². The summed E-state index contributed by atoms with van der Waals surface area (Å²) in [7, 11) is 1.47. The number of thioether (sulfide) groups is 2. The number of unbranched alkanes of at least 4 members (excludes halogenated alkanes) is 1. The summed E-state index contributed by atoms with van der Waals surface area (Å²) >= 11 is 2.91. The lowest BCUT2D eigenvalue weighted by Gasteiger charge is -2.18. The second-order valence-electron chi connectivity index (χ2n) is 7.73. The molecule has 0 aliphatic rings. The van der Waals surface area contributed by atoms with Crippen molar-refractivity contribution in [2.24, 2.45) is 0 Å². The smallest absolute Gasteiger partial charge is 0.323 e. The third-order valence-corrected chi connectivity index (χ3v) is 6.78. The molecule has 2 amide bonds. The van der Waals surface area contributed by atoms with Crippen LogP contribution >= 0.6 is 23.5 Å². The first-order valence-corrected chi connectivity index (χ1v) is 13.5. The maximum atomic E-state index is 14.1. The lowest BCUT2D eigenvalue weighted by molar-refractivity contribution is 0.262. The van der Waals surface area contributed by atoms with Gasteiger partial charge in [0.2, 0.25) is 0 Å². The van der Waals surface area contributed by atoms with Gasteiger partial charge >= 0.3 is 6.03 Å². The predicted octanol–water partition coefficient (Wildman–Crippen LogP) is 6.25. The number of nitrogens with zero attached hydrogens (tertiary/aromatic N) is 2. The SMILES string of the molecule is CCCCn1ccc(-c2cc(F)ccc2OC)c(NC(=O)Nc2c(SC)cc(C)nc2SC)c1=O. The maximum absolute atomic E-state index is 14.1. The number of aromatic nitrogens is 2. The van der Waals surface area contributed by atoms with Crippen LogP contribution in [0.25, 0.3) is 11.1 Å². The van der Waals surface area contributed by atoms with Crippen molar-refractivity contribution < 1.29 is 13.9 Å². The molecule has 186 valence electrons. The van der Waals surface area contributed by atoms with Gasteiger partial charge in [-0.2, -0.15) is 0 Å². The molecule has 35 heavy (non-hydrogen) atoms. The van der Waals surface area contributed by atoms with Gasteiger partial charge in [-0.1, -0.05) is 13.3 Å². The van der Waals surface area contributed by atoms with E-state index in [0.29, 0.717) is 34.1 Å². The molecule has 0 fully saturated rings. The van der Waals surface area contributed by atoms with E-state index < -0.39 is 11.8 Å². The summed E-state index contributed by atoms with van der Waals surface area (Å²) in [6.07, 6.45) is 7.16. The number of methoxy groups -OCH3 is 1. The Morgan fingerprint density at radius 1 is 1.11 bits per heavy atom. The molecule has 3 rings (SSSR count). The van der Waals surface area contributed by atoms with Crippen LogP contribution in [-0.2, 0) is 6.54 Å². The number of rotatable bonds is 9. The van der Waals surface area contributed by atoms with E-state index in [9.17, 15) is 14.0 Å². The molecule has 0 unspecified atom stereocenters. The molecular formula is C25H29FN4O3S2. The Bertz CT molecular complexity index is 1260. The molecule has 2 heterocycles. The summed E-state index contributed by atoms with van der Waals surface area (Å²) in [6.45, 7) is 4.43. The number of ether oxygens (including phenoxy) is 1. The fourth-order valence-corrected chi connectivity index (χ4v) is 4.92. The average Bonchev–Trinajstić information content (AvgIpc) is 2.85. The number of hydrogen-bond acceptors (Lipinski definition) is 6. The Labute approximate surface area is 212 Å². The largest absolute Gasteiger partial charge is 0.496 e. The van der Waals surface area contributed by atoms with Crippen LogP contribution in [0.5, 0.6) is 5.75 Å². The first-order chi connectivity index (χ1) is 16.8. The van der Waals surface area contributed by atoms with Crippen LogP contribution in [-0.4, -0.2) is 35.2 Å². The molecule has 0 saturated heterocycles. The summed E-state index contributed by atoms with van der Waals surface area (Å²) in [5.41, 5.74) is 1.81. The van der Waals surface area contributed by atoms with Crippen LogP contribution in [0.3, 0.4) is 0 Å². The van der Waals surface area contributed by atoms with Crippen LogP contribution < -0.4 is 20.9 Å². The van der Waals surface area contributed by atoms with Crippen LogP contribution in [0.15, 0.2) is 51.2 Å². The van der Waals surface area contributed by atoms with Crippen molar-refractivity contribution in [3.63, 3.8) is 0 Å². The van der Waals surface area contributed by atoms with Gasteiger partial charge in [-0.15, -0.1) is 23.5 Å². The zero-order chi connectivity index (χ0) is 25.5. The van der Waals surface area contributed by atoms with Gasteiger partial charge in [0.05, 0.1) is 12.8 Å². The van der Waals surface area contributed by atoms with Crippen LogP contribution in [0, 0.1) is 12.7 Å². The van der Waals surface area contributed by atoms with Gasteiger partial charge in [0, 0.05) is 34.5 Å². The van der Waals surface area contributed by atoms with E-state index in [1.165, 1.54) is 48.8 Å². The second-order valence-corrected chi connectivity index (χ2v) is 9.37. The number of pyridine rings is 2. The van der Waals surface area contributed by atoms with E-state index in [1.54, 1.807) is 16.8 Å². The minimum atomic E-state index is -0.594. The normalized spacial score (nSPS) is 10.8. The first kappa shape index (κ1) is 26.6. The lowest BCUT2D eigenvalue weighted by Crippen LogP contribution is -2.29. The Balaban J connectivity index is 2.08. The van der Waals surface area contributed by atoms with Crippen molar-refractivity contribution in [1.82, 2.24) is 9.55 Å². The highest BCUT2D eigenvalue weighted by Gasteiger charge is 2.20. The fraction of sp³-hybridized carbons (Fsp3) is 0.320. The Hall–Kier alpha value is -2.98. The van der Waals surface area contributed by atoms with Gasteiger partial charge in [-0.05, 0) is 56.2 Å². The summed E-state index contributed by atoms with van der Waals surface area (Å²) < 4.78 is 21.1. The number of aryl methyl sites for hydroxylation is 2. The number of hydrogen-bond donors (Lipinski definition) is 2. The van der Waals surface area contributed by atoms with Crippen molar-refractivity contribution in [2.45, 2.75) is 43.2 Å². The van der Waals surface area contributed by atoms with Gasteiger partial charge < -0.3 is 19.9 Å². The molecule has 2 aromatic heterocycles. The molecule has 0 saturated carbocycles. The van der Waals surface area contributed by atoms with Crippen LogP contribution in [0.4, 0.5) is 20.6 Å². The zero-order valence-corrected chi connectivity index (χ0v) is 22.0. The molecule has 0 atom stereocenters. The summed E-state index contributed by atoms with van der Waals surface area (Å²) in [5.74, 6) is -0.0936. The third-order valence-electron chi connectivity index (χ3n) is 5.34. The van der Waals surface area contributed by atoms with Crippen molar-refractivity contribution >= 4 is 40.9 Å². The predicted molar refractivity (Wildman–Crippen MR) is 143 cm³/mol. The minimum Gasteiger partial charge on any atom is -0.496 e. The molecule has 3 aromatic rings. The summed E-state index contributed by atoms with van der Waals surface area (Å²) in [4.78, 5) is 31.9. The molecule has 0 aliphatic carbocycles. The monoisotopic (exact) mass is 516 g/mol. The van der Waals surface area contributed by atoms with E-state index in [2.05, 4.69) is 15.6 Å². The van der Waals surface area contributed by atoms with Gasteiger partial charge in [-0.25, -0.2) is 14.2 Å². The number of urea groups is 1. The highest BCUT2D eigenvalue weighted by atomic mass is 32.2. The van der Waals surface area contributed by atoms with E-state index in [4.69, 9.17) is 4.74 Å². The van der Waals surface area contributed by atoms with Gasteiger partial charge in [0.1, 0.15) is 22.3 Å². The highest BCUT2D eigenvalue weighted by Crippen LogP contribution is 2.36. The van der Waals surface area contributed by atoms with Gasteiger partial charge in [0.25, 0.3) is 5.56 Å². The molecule has 2 N–H and O–H groups in total. The average molecular weight is 517 g/mol. The topological polar surface area (TPSA) is 85.2 Å². The minimum absolute atomic E-state index is 0.0430. The fourth-order valence-electron chi connectivity index (χ4n) is 3.61. The van der Waals surface area contributed by atoms with Gasteiger partial charge in [0.15, 0.2) is 0 Å². The number of carbonyl (C=O) groups excluding carboxylic acids is 1. The van der Waals surface area contributed by atoms with Crippen molar-refractivity contribution in [2.75, 3.05) is 30.3 Å². The first-order valence-electron chi connectivity index (χ1n) is 11.1. The van der Waals surface area contributed by atoms with Crippen molar-refractivity contribution in [3.8, 4) is 16.9 Å². The number of carbonyl (C=O) groups is 1. The molecule has 0 bridgehead atoms. The van der Waals surface area contributed by atoms with E-state index in [0.717, 1.165) is 23.4 Å². The third kappa shape index (κ3) is 6.18. The second kappa shape index (κ2) is 12.1. The number of anilines is 2. The van der Waals surface area contributed by atoms with Crippen LogP contribution in [0.2, 0.25) is 0 Å². The van der Waals surface area contributed by atoms with Gasteiger partial charge in [-0.3, -0.25) is 4.79 Å². The number of benzene rings is 1. The lowest BCUT2D eigenvalue weighted by atomic mass is 10.0. The molecular weight excluding hydrogens is 487 g/mol.